The molecule has 0 aliphatic heterocycles. The average molecular weight is 676 g/mol. The van der Waals surface area contributed by atoms with Gasteiger partial charge in [-0.3, -0.25) is 20.2 Å². The highest BCUT2D eigenvalue weighted by atomic mass is 79.9. The highest BCUT2D eigenvalue weighted by Gasteiger charge is 2.18. The Balaban J connectivity index is 0.000000202. The molecule has 0 aliphatic rings. The molecule has 0 radical (unpaired) electrons. The largest absolute Gasteiger partial charge is 0.497 e. The van der Waals surface area contributed by atoms with Crippen molar-refractivity contribution in [3.8, 4) is 5.75 Å². The molecule has 198 valence electrons. The lowest BCUT2D eigenvalue weighted by atomic mass is 10.1. The summed E-state index contributed by atoms with van der Waals surface area (Å²) in [5.74, 6) is 0.768. The molecule has 13 heteroatoms. The Morgan fingerprint density at radius 2 is 1.38 bits per heavy atom. The second-order valence-electron chi connectivity index (χ2n) is 8.01. The van der Waals surface area contributed by atoms with Crippen molar-refractivity contribution in [1.82, 2.24) is 9.97 Å². The number of nitrogens with zero attached hydrogens (tertiary/aromatic N) is 4. The molecule has 0 fully saturated rings. The Hall–Kier alpha value is -3.87. The van der Waals surface area contributed by atoms with Crippen LogP contribution in [0.25, 0.3) is 21.8 Å². The van der Waals surface area contributed by atoms with Crippen LogP contribution in [0.1, 0.15) is 5.56 Å². The first-order chi connectivity index (χ1) is 18.7. The van der Waals surface area contributed by atoms with Crippen molar-refractivity contribution in [3.05, 3.63) is 113 Å². The van der Waals surface area contributed by atoms with Crippen LogP contribution in [0.5, 0.6) is 5.75 Å². The van der Waals surface area contributed by atoms with Gasteiger partial charge in [-0.15, -0.1) is 0 Å². The molecule has 0 unspecified atom stereocenters. The van der Waals surface area contributed by atoms with Gasteiger partial charge < -0.3 is 10.1 Å². The van der Waals surface area contributed by atoms with Gasteiger partial charge in [0.25, 0.3) is 0 Å². The number of aromatic nitrogens is 2. The van der Waals surface area contributed by atoms with Crippen molar-refractivity contribution >= 4 is 82.3 Å². The number of ether oxygens (including phenoxy) is 1. The maximum absolute atomic E-state index is 11.3. The number of hydrogen-bond acceptors (Lipinski definition) is 8. The Morgan fingerprint density at radius 1 is 0.846 bits per heavy atom. The molecular weight excluding hydrogens is 658 g/mol. The number of hydrogen-bond donors (Lipinski definition) is 1. The molecule has 5 rings (SSSR count). The lowest BCUT2D eigenvalue weighted by Gasteiger charge is -2.11. The molecule has 0 aliphatic carbocycles. The molecule has 0 amide bonds. The van der Waals surface area contributed by atoms with E-state index in [1.54, 1.807) is 25.3 Å². The third-order valence-corrected chi connectivity index (χ3v) is 6.96. The van der Waals surface area contributed by atoms with E-state index >= 15 is 0 Å². The third-order valence-electron chi connectivity index (χ3n) is 5.58. The molecular formula is C26H18Br2ClN5O5. The van der Waals surface area contributed by atoms with Gasteiger partial charge in [0, 0.05) is 26.3 Å². The Labute approximate surface area is 243 Å². The number of nitrogens with one attached hydrogen (secondary N) is 1. The normalized spacial score (nSPS) is 10.6. The molecule has 0 saturated heterocycles. The zero-order valence-electron chi connectivity index (χ0n) is 20.1. The van der Waals surface area contributed by atoms with Gasteiger partial charge in [0.1, 0.15) is 28.9 Å². The fourth-order valence-corrected chi connectivity index (χ4v) is 4.64. The van der Waals surface area contributed by atoms with Crippen LogP contribution in [0.4, 0.5) is 17.1 Å². The Kier molecular flexibility index (Phi) is 8.90. The van der Waals surface area contributed by atoms with Crippen LogP contribution in [-0.4, -0.2) is 26.9 Å². The summed E-state index contributed by atoms with van der Waals surface area (Å²) in [5.41, 5.74) is 2.55. The topological polar surface area (TPSA) is 133 Å². The Morgan fingerprint density at radius 3 is 1.95 bits per heavy atom. The summed E-state index contributed by atoms with van der Waals surface area (Å²) in [6.07, 6.45) is 2.45. The number of halogens is 3. The number of methoxy groups -OCH3 is 1. The fourth-order valence-electron chi connectivity index (χ4n) is 3.66. The second kappa shape index (κ2) is 12.3. The van der Waals surface area contributed by atoms with Crippen LogP contribution < -0.4 is 10.1 Å². The van der Waals surface area contributed by atoms with Gasteiger partial charge in [-0.25, -0.2) is 9.97 Å². The van der Waals surface area contributed by atoms with E-state index in [1.807, 2.05) is 42.5 Å². The number of anilines is 1. The van der Waals surface area contributed by atoms with Crippen molar-refractivity contribution in [2.45, 2.75) is 6.54 Å². The molecule has 5 aromatic rings. The van der Waals surface area contributed by atoms with Crippen LogP contribution >= 0.6 is 43.5 Å². The summed E-state index contributed by atoms with van der Waals surface area (Å²) in [6.45, 7) is 0.458. The molecule has 0 atom stereocenters. The number of fused-ring (bicyclic) bond motifs is 2. The molecule has 3 aromatic carbocycles. The standard InChI is InChI=1S/C17H14BrN3O3.C9H4BrClN2O2/c1-24-13-5-2-11(3-6-13)9-20-17-14-7-4-12(18)8-15(14)19-10-16(17)21(22)23;10-5-1-2-6-7(3-5)12-4-8(9(6)11)13(14)15/h2-8,10H,9H2,1H3,(H,19,20);1-4H. The third kappa shape index (κ3) is 6.59. The zero-order valence-corrected chi connectivity index (χ0v) is 24.0. The molecule has 0 bridgehead atoms. The lowest BCUT2D eigenvalue weighted by Crippen LogP contribution is -2.04. The van der Waals surface area contributed by atoms with Gasteiger partial charge >= 0.3 is 11.4 Å². The first kappa shape index (κ1) is 28.1. The SMILES string of the molecule is COc1ccc(CNc2c([N+](=O)[O-])cnc3cc(Br)ccc23)cc1.O=[N+]([O-])c1cnc2cc(Br)ccc2c1Cl. The van der Waals surface area contributed by atoms with Crippen LogP contribution in [-0.2, 0) is 6.54 Å². The van der Waals surface area contributed by atoms with E-state index in [9.17, 15) is 20.2 Å². The molecule has 1 N–H and O–H groups in total. The number of rotatable bonds is 6. The van der Waals surface area contributed by atoms with Gasteiger partial charge in [-0.2, -0.15) is 0 Å². The predicted octanol–water partition coefficient (Wildman–Crippen LogP) is 8.09. The highest BCUT2D eigenvalue weighted by Crippen LogP contribution is 2.34. The Bertz CT molecular complexity index is 1700. The molecule has 2 aromatic heterocycles. The van der Waals surface area contributed by atoms with Gasteiger partial charge in [0.05, 0.1) is 28.0 Å². The minimum Gasteiger partial charge on any atom is -0.497 e. The van der Waals surface area contributed by atoms with E-state index < -0.39 is 9.85 Å². The first-order valence-electron chi connectivity index (χ1n) is 11.2. The monoisotopic (exact) mass is 673 g/mol. The first-order valence-corrected chi connectivity index (χ1v) is 13.1. The van der Waals surface area contributed by atoms with Crippen LogP contribution in [0.3, 0.4) is 0 Å². The second-order valence-corrected chi connectivity index (χ2v) is 10.2. The van der Waals surface area contributed by atoms with Gasteiger partial charge in [-0.05, 0) is 54.1 Å². The molecule has 39 heavy (non-hydrogen) atoms. The number of nitro groups is 2. The quantitative estimate of drug-likeness (QED) is 0.141. The lowest BCUT2D eigenvalue weighted by molar-refractivity contribution is -0.384. The van der Waals surface area contributed by atoms with Crippen molar-refractivity contribution in [2.75, 3.05) is 12.4 Å². The molecule has 10 nitrogen and oxygen atoms in total. The van der Waals surface area contributed by atoms with Crippen molar-refractivity contribution in [3.63, 3.8) is 0 Å². The van der Waals surface area contributed by atoms with Crippen molar-refractivity contribution in [1.29, 1.82) is 0 Å². The maximum atomic E-state index is 11.3. The van der Waals surface area contributed by atoms with E-state index in [0.717, 1.165) is 26.5 Å². The summed E-state index contributed by atoms with van der Waals surface area (Å²) in [7, 11) is 1.61. The van der Waals surface area contributed by atoms with Crippen LogP contribution in [0.15, 0.2) is 82.0 Å². The van der Waals surface area contributed by atoms with E-state index in [4.69, 9.17) is 16.3 Å². The summed E-state index contributed by atoms with van der Waals surface area (Å²) in [6, 6.07) is 18.2. The molecule has 0 saturated carbocycles. The van der Waals surface area contributed by atoms with Crippen LogP contribution in [0.2, 0.25) is 5.02 Å². The number of benzene rings is 3. The van der Waals surface area contributed by atoms with E-state index in [2.05, 4.69) is 47.1 Å². The average Bonchev–Trinajstić information content (AvgIpc) is 2.91. The van der Waals surface area contributed by atoms with E-state index in [0.29, 0.717) is 34.0 Å². The summed E-state index contributed by atoms with van der Waals surface area (Å²) >= 11 is 12.6. The van der Waals surface area contributed by atoms with Gasteiger partial charge in [0.15, 0.2) is 0 Å². The molecule has 2 heterocycles. The van der Waals surface area contributed by atoms with Gasteiger partial charge in [-0.1, -0.05) is 55.6 Å². The predicted molar refractivity (Wildman–Crippen MR) is 158 cm³/mol. The minimum atomic E-state index is -0.545. The van der Waals surface area contributed by atoms with E-state index in [-0.39, 0.29) is 16.4 Å². The zero-order chi connectivity index (χ0) is 28.1. The van der Waals surface area contributed by atoms with Crippen LogP contribution in [0, 0.1) is 20.2 Å². The van der Waals surface area contributed by atoms with Crippen molar-refractivity contribution in [2.24, 2.45) is 0 Å². The summed E-state index contributed by atoms with van der Waals surface area (Å²) in [4.78, 5) is 29.1. The summed E-state index contributed by atoms with van der Waals surface area (Å²) < 4.78 is 6.86. The summed E-state index contributed by atoms with van der Waals surface area (Å²) in [5, 5.41) is 26.5. The smallest absolute Gasteiger partial charge is 0.311 e. The van der Waals surface area contributed by atoms with Gasteiger partial charge in [0.2, 0.25) is 0 Å². The number of pyridine rings is 2. The fraction of sp³-hybridized carbons (Fsp3) is 0.0769. The maximum Gasteiger partial charge on any atom is 0.311 e. The highest BCUT2D eigenvalue weighted by molar-refractivity contribution is 9.10. The van der Waals surface area contributed by atoms with E-state index in [1.165, 1.54) is 6.20 Å². The minimum absolute atomic E-state index is 0.0432. The van der Waals surface area contributed by atoms with Crippen molar-refractivity contribution < 1.29 is 14.6 Å². The molecule has 0 spiro atoms.